The Morgan fingerprint density at radius 1 is 1.09 bits per heavy atom. The molecular weight excluding hydrogens is 334 g/mol. The minimum atomic E-state index is -5.38. The van der Waals surface area contributed by atoms with Crippen LogP contribution in [0.25, 0.3) is 10.8 Å². The zero-order chi connectivity index (χ0) is 16.7. The molecule has 10 heteroatoms. The van der Waals surface area contributed by atoms with Crippen molar-refractivity contribution in [3.05, 3.63) is 30.3 Å². The SMILES string of the molecule is CC(=O)Nc1ccc2c(O)cc(S(=O)(=O)S(=O)(=O)O)cc2c1. The van der Waals surface area contributed by atoms with E-state index in [2.05, 4.69) is 5.32 Å². The Bertz CT molecular complexity index is 978. The number of carbonyl (C=O) groups excluding carboxylic acids is 1. The first-order valence-corrected chi connectivity index (χ1v) is 9.23. The average molecular weight is 345 g/mol. The molecule has 0 saturated heterocycles. The Morgan fingerprint density at radius 3 is 2.27 bits per heavy atom. The summed E-state index contributed by atoms with van der Waals surface area (Å²) in [7, 11) is -10.4. The lowest BCUT2D eigenvalue weighted by Crippen LogP contribution is -2.14. The summed E-state index contributed by atoms with van der Waals surface area (Å²) in [6.07, 6.45) is 0. The molecule has 0 heterocycles. The zero-order valence-electron chi connectivity index (χ0n) is 11.1. The van der Waals surface area contributed by atoms with Crippen LogP contribution in [0.1, 0.15) is 6.92 Å². The van der Waals surface area contributed by atoms with Gasteiger partial charge in [-0.25, -0.2) is 8.42 Å². The number of carbonyl (C=O) groups is 1. The lowest BCUT2D eigenvalue weighted by Gasteiger charge is -2.08. The van der Waals surface area contributed by atoms with Crippen LogP contribution in [0.5, 0.6) is 5.75 Å². The second-order valence-corrected chi connectivity index (χ2v) is 9.26. The number of hydrogen-bond donors (Lipinski definition) is 3. The molecule has 1 amide bonds. The van der Waals surface area contributed by atoms with E-state index in [9.17, 15) is 26.7 Å². The van der Waals surface area contributed by atoms with Crippen molar-refractivity contribution in [2.75, 3.05) is 5.32 Å². The molecule has 2 aromatic carbocycles. The van der Waals surface area contributed by atoms with Crippen molar-refractivity contribution < 1.29 is 31.3 Å². The summed E-state index contributed by atoms with van der Waals surface area (Å²) >= 11 is 0. The van der Waals surface area contributed by atoms with E-state index in [4.69, 9.17) is 4.55 Å². The van der Waals surface area contributed by atoms with Gasteiger partial charge in [-0.1, -0.05) is 0 Å². The predicted molar refractivity (Wildman–Crippen MR) is 78.7 cm³/mol. The van der Waals surface area contributed by atoms with E-state index in [1.807, 2.05) is 0 Å². The van der Waals surface area contributed by atoms with E-state index in [1.54, 1.807) is 0 Å². The third kappa shape index (κ3) is 2.89. The van der Waals surface area contributed by atoms with Gasteiger partial charge in [0.1, 0.15) is 5.75 Å². The molecule has 0 aliphatic rings. The summed E-state index contributed by atoms with van der Waals surface area (Å²) in [6.45, 7) is 1.28. The molecule has 0 aromatic heterocycles. The van der Waals surface area contributed by atoms with Gasteiger partial charge in [0.15, 0.2) is 0 Å². The molecule has 3 N–H and O–H groups in total. The van der Waals surface area contributed by atoms with Crippen LogP contribution in [0.3, 0.4) is 0 Å². The molecule has 2 aromatic rings. The fraction of sp³-hybridized carbons (Fsp3) is 0.0833. The van der Waals surface area contributed by atoms with E-state index in [0.29, 0.717) is 5.69 Å². The first-order chi connectivity index (χ1) is 10.0. The van der Waals surface area contributed by atoms with Crippen molar-refractivity contribution in [2.45, 2.75) is 11.8 Å². The van der Waals surface area contributed by atoms with E-state index in [0.717, 1.165) is 12.1 Å². The predicted octanol–water partition coefficient (Wildman–Crippen LogP) is 1.08. The summed E-state index contributed by atoms with van der Waals surface area (Å²) < 4.78 is 54.1. The van der Waals surface area contributed by atoms with Crippen molar-refractivity contribution in [3.63, 3.8) is 0 Å². The zero-order valence-corrected chi connectivity index (χ0v) is 12.8. The number of phenolic OH excluding ortho intramolecular Hbond substituents is 1. The lowest BCUT2D eigenvalue weighted by atomic mass is 10.1. The molecule has 0 fully saturated rings. The van der Waals surface area contributed by atoms with Gasteiger partial charge in [0.2, 0.25) is 5.91 Å². The van der Waals surface area contributed by atoms with E-state index in [1.165, 1.54) is 25.1 Å². The highest BCUT2D eigenvalue weighted by atomic mass is 33.2. The lowest BCUT2D eigenvalue weighted by molar-refractivity contribution is -0.114. The molecule has 0 aliphatic heterocycles. The monoisotopic (exact) mass is 345 g/mol. The normalized spacial score (nSPS) is 12.3. The minimum absolute atomic E-state index is 0.175. The number of amides is 1. The second-order valence-electron chi connectivity index (χ2n) is 4.44. The minimum Gasteiger partial charge on any atom is -0.507 e. The summed E-state index contributed by atoms with van der Waals surface area (Å²) in [5.41, 5.74) is 0.334. The fourth-order valence-electron chi connectivity index (χ4n) is 1.87. The second kappa shape index (κ2) is 5.23. The Kier molecular flexibility index (Phi) is 3.85. The quantitative estimate of drug-likeness (QED) is 0.559. The van der Waals surface area contributed by atoms with Crippen LogP contribution in [-0.2, 0) is 22.8 Å². The maximum Gasteiger partial charge on any atom is 0.377 e. The topological polar surface area (TPSA) is 138 Å². The van der Waals surface area contributed by atoms with Gasteiger partial charge in [-0.3, -0.25) is 9.35 Å². The molecule has 0 spiro atoms. The van der Waals surface area contributed by atoms with Crippen LogP contribution in [0.4, 0.5) is 5.69 Å². The van der Waals surface area contributed by atoms with Gasteiger partial charge in [-0.2, -0.15) is 8.42 Å². The Balaban J connectivity index is 2.73. The van der Waals surface area contributed by atoms with Crippen molar-refractivity contribution in [2.24, 2.45) is 0 Å². The number of phenols is 1. The van der Waals surface area contributed by atoms with Crippen molar-refractivity contribution in [1.82, 2.24) is 0 Å². The van der Waals surface area contributed by atoms with Crippen LogP contribution >= 0.6 is 0 Å². The van der Waals surface area contributed by atoms with Gasteiger partial charge in [0.25, 0.3) is 0 Å². The molecular formula is C12H11NO7S2. The number of aromatic hydroxyl groups is 1. The number of rotatable bonds is 3. The molecule has 2 rings (SSSR count). The van der Waals surface area contributed by atoms with Gasteiger partial charge in [-0.05, 0) is 29.7 Å². The van der Waals surface area contributed by atoms with Crippen LogP contribution < -0.4 is 5.32 Å². The third-order valence-electron chi connectivity index (χ3n) is 2.79. The maximum atomic E-state index is 11.7. The Labute approximate surface area is 125 Å². The van der Waals surface area contributed by atoms with Crippen LogP contribution in [0.15, 0.2) is 35.2 Å². The molecule has 0 radical (unpaired) electrons. The molecule has 0 bridgehead atoms. The number of benzene rings is 2. The number of fused-ring (bicyclic) bond motifs is 1. The van der Waals surface area contributed by atoms with Crippen molar-refractivity contribution in [1.29, 1.82) is 0 Å². The van der Waals surface area contributed by atoms with E-state index in [-0.39, 0.29) is 16.7 Å². The maximum absolute atomic E-state index is 11.7. The van der Waals surface area contributed by atoms with Gasteiger partial charge < -0.3 is 10.4 Å². The van der Waals surface area contributed by atoms with Gasteiger partial charge in [0.05, 0.1) is 4.90 Å². The molecule has 0 saturated carbocycles. The third-order valence-corrected chi connectivity index (χ3v) is 6.40. The highest BCUT2D eigenvalue weighted by Crippen LogP contribution is 2.32. The summed E-state index contributed by atoms with van der Waals surface area (Å²) in [5, 5.41) is 12.7. The molecule has 22 heavy (non-hydrogen) atoms. The van der Waals surface area contributed by atoms with Crippen LogP contribution in [-0.4, -0.2) is 32.4 Å². The first kappa shape index (κ1) is 16.2. The average Bonchev–Trinajstić information content (AvgIpc) is 2.36. The smallest absolute Gasteiger partial charge is 0.377 e. The first-order valence-electron chi connectivity index (χ1n) is 5.79. The van der Waals surface area contributed by atoms with E-state index < -0.39 is 28.7 Å². The van der Waals surface area contributed by atoms with Gasteiger partial charge >= 0.3 is 18.0 Å². The van der Waals surface area contributed by atoms with Crippen LogP contribution in [0.2, 0.25) is 0 Å². The van der Waals surface area contributed by atoms with Crippen molar-refractivity contribution in [3.8, 4) is 5.75 Å². The molecule has 8 nitrogen and oxygen atoms in total. The Hall–Kier alpha value is -2.17. The fourth-order valence-corrected chi connectivity index (χ4v) is 3.66. The van der Waals surface area contributed by atoms with Crippen LogP contribution in [0, 0.1) is 0 Å². The van der Waals surface area contributed by atoms with E-state index >= 15 is 0 Å². The Morgan fingerprint density at radius 2 is 1.73 bits per heavy atom. The number of nitrogens with one attached hydrogen (secondary N) is 1. The van der Waals surface area contributed by atoms with Gasteiger partial charge in [-0.15, -0.1) is 0 Å². The van der Waals surface area contributed by atoms with Gasteiger partial charge in [0, 0.05) is 24.1 Å². The number of anilines is 1. The largest absolute Gasteiger partial charge is 0.507 e. The summed E-state index contributed by atoms with van der Waals surface area (Å²) in [5.74, 6) is -0.834. The summed E-state index contributed by atoms with van der Waals surface area (Å²) in [6, 6.07) is 5.98. The standard InChI is InChI=1S/C12H11NO7S2/c1-7(14)13-9-2-3-11-8(4-9)5-10(6-12(11)15)21(16,17)22(18,19)20/h2-6,15H,1H3,(H,13,14)(H,18,19,20). The molecule has 0 aliphatic carbocycles. The summed E-state index contributed by atoms with van der Waals surface area (Å²) in [4.78, 5) is 10.2. The number of hydrogen-bond acceptors (Lipinski definition) is 6. The highest BCUT2D eigenvalue weighted by molar-refractivity contribution is 8.64. The molecule has 0 unspecified atom stereocenters. The molecule has 0 atom stereocenters. The van der Waals surface area contributed by atoms with Crippen molar-refractivity contribution >= 4 is 40.4 Å². The molecule has 118 valence electrons. The highest BCUT2D eigenvalue weighted by Gasteiger charge is 2.30.